The molecule has 43 heavy (non-hydrogen) atoms. The zero-order valence-corrected chi connectivity index (χ0v) is 24.7. The molecule has 0 radical (unpaired) electrons. The highest BCUT2D eigenvalue weighted by atomic mass is 19.3. The molecule has 3 heterocycles. The van der Waals surface area contributed by atoms with Crippen molar-refractivity contribution in [2.24, 2.45) is 11.8 Å². The Morgan fingerprint density at radius 1 is 1.23 bits per heavy atom. The van der Waals surface area contributed by atoms with Crippen LogP contribution in [-0.2, 0) is 20.9 Å². The molecule has 0 bridgehead atoms. The number of nitrogens with one attached hydrogen (secondary N) is 1. The van der Waals surface area contributed by atoms with Crippen LogP contribution >= 0.6 is 0 Å². The molecule has 0 aromatic carbocycles. The summed E-state index contributed by atoms with van der Waals surface area (Å²) in [7, 11) is 0. The van der Waals surface area contributed by atoms with Gasteiger partial charge in [0.05, 0.1) is 18.3 Å². The number of halogens is 2. The molecule has 3 aromatic heterocycles. The van der Waals surface area contributed by atoms with Crippen LogP contribution in [0.4, 0.5) is 25.1 Å². The van der Waals surface area contributed by atoms with Crippen molar-refractivity contribution in [3.8, 4) is 11.5 Å². The first-order valence-electron chi connectivity index (χ1n) is 14.6. The van der Waals surface area contributed by atoms with E-state index in [1.165, 1.54) is 6.26 Å². The lowest BCUT2D eigenvalue weighted by atomic mass is 9.87. The Kier molecular flexibility index (Phi) is 9.38. The second kappa shape index (κ2) is 13.2. The molecular formula is C30H38F2N6O5. The zero-order chi connectivity index (χ0) is 30.6. The van der Waals surface area contributed by atoms with E-state index >= 15 is 0 Å². The number of amides is 1. The number of carbonyl (C=O) groups excluding carboxylic acids is 2. The number of pyridine rings is 1. The van der Waals surface area contributed by atoms with Crippen LogP contribution in [0.2, 0.25) is 0 Å². The molecule has 0 saturated heterocycles. The summed E-state index contributed by atoms with van der Waals surface area (Å²) in [6, 6.07) is 3.46. The van der Waals surface area contributed by atoms with Gasteiger partial charge in [0.25, 0.3) is 6.43 Å². The van der Waals surface area contributed by atoms with Gasteiger partial charge in [-0.2, -0.15) is 5.10 Å². The number of hydrogen-bond donors (Lipinski definition) is 1. The van der Waals surface area contributed by atoms with Crippen molar-refractivity contribution in [3.05, 3.63) is 42.2 Å². The molecule has 2 aliphatic rings. The maximum absolute atomic E-state index is 13.7. The minimum Gasteiger partial charge on any atom is -0.444 e. The van der Waals surface area contributed by atoms with Crippen LogP contribution in [0.1, 0.15) is 83.2 Å². The summed E-state index contributed by atoms with van der Waals surface area (Å²) in [6.07, 6.45) is 7.42. The predicted molar refractivity (Wildman–Crippen MR) is 154 cm³/mol. The Morgan fingerprint density at radius 3 is 2.67 bits per heavy atom. The van der Waals surface area contributed by atoms with Crippen LogP contribution in [0.3, 0.4) is 0 Å². The topological polar surface area (TPSA) is 125 Å². The average molecular weight is 601 g/mol. The second-order valence-corrected chi connectivity index (χ2v) is 12.2. The van der Waals surface area contributed by atoms with Gasteiger partial charge in [-0.25, -0.2) is 23.5 Å². The van der Waals surface area contributed by atoms with Gasteiger partial charge in [-0.3, -0.25) is 9.58 Å². The lowest BCUT2D eigenvalue weighted by Gasteiger charge is -2.27. The Morgan fingerprint density at radius 2 is 2.00 bits per heavy atom. The SMILES string of the molecule is CC(C)(C)OC(=O)N(CC1CC1)c1cc(-c2nc(COCNc3cn([C@H]4CC[C@H](C=O)CC4)nc3C(F)F)co2)ccn1. The van der Waals surface area contributed by atoms with Gasteiger partial charge in [-0.1, -0.05) is 0 Å². The summed E-state index contributed by atoms with van der Waals surface area (Å²) in [5.74, 6) is 1.23. The zero-order valence-electron chi connectivity index (χ0n) is 24.7. The van der Waals surface area contributed by atoms with Crippen LogP contribution < -0.4 is 10.2 Å². The van der Waals surface area contributed by atoms with Gasteiger partial charge in [0, 0.05) is 30.4 Å². The average Bonchev–Trinajstić information content (AvgIpc) is 3.49. The van der Waals surface area contributed by atoms with Crippen LogP contribution in [0.15, 0.2) is 35.2 Å². The minimum absolute atomic E-state index is 0.0163. The minimum atomic E-state index is -2.74. The fourth-order valence-corrected chi connectivity index (χ4v) is 5.02. The Balaban J connectivity index is 1.18. The normalized spacial score (nSPS) is 18.9. The number of aromatic nitrogens is 4. The molecule has 2 fully saturated rings. The first-order valence-corrected chi connectivity index (χ1v) is 14.6. The maximum atomic E-state index is 13.7. The second-order valence-electron chi connectivity index (χ2n) is 12.2. The first-order chi connectivity index (χ1) is 20.6. The van der Waals surface area contributed by atoms with Gasteiger partial charge in [0.2, 0.25) is 5.89 Å². The molecule has 1 N–H and O–H groups in total. The largest absolute Gasteiger partial charge is 0.444 e. The number of aldehydes is 1. The van der Waals surface area contributed by atoms with Crippen molar-refractivity contribution in [1.29, 1.82) is 0 Å². The molecule has 0 aliphatic heterocycles. The summed E-state index contributed by atoms with van der Waals surface area (Å²) in [5, 5.41) is 7.01. The van der Waals surface area contributed by atoms with E-state index in [-0.39, 0.29) is 36.7 Å². The fourth-order valence-electron chi connectivity index (χ4n) is 5.02. The van der Waals surface area contributed by atoms with Gasteiger partial charge in [-0.15, -0.1) is 0 Å². The van der Waals surface area contributed by atoms with Crippen LogP contribution in [0.5, 0.6) is 0 Å². The van der Waals surface area contributed by atoms with E-state index < -0.39 is 18.1 Å². The molecule has 2 saturated carbocycles. The van der Waals surface area contributed by atoms with E-state index in [9.17, 15) is 18.4 Å². The Hall–Kier alpha value is -3.87. The predicted octanol–water partition coefficient (Wildman–Crippen LogP) is 6.54. The quantitative estimate of drug-likeness (QED) is 0.140. The molecular weight excluding hydrogens is 562 g/mol. The third-order valence-electron chi connectivity index (χ3n) is 7.46. The monoisotopic (exact) mass is 600 g/mol. The summed E-state index contributed by atoms with van der Waals surface area (Å²) in [6.45, 7) is 6.03. The third-order valence-corrected chi connectivity index (χ3v) is 7.46. The fraction of sp³-hybridized carbons (Fsp3) is 0.567. The Bertz CT molecular complexity index is 1390. The number of rotatable bonds is 12. The standard InChI is InChI=1S/C30H38F2N6O5/c1-30(2,3)43-29(40)37(13-19-4-5-19)25-12-21(10-11-33-25)28-35-22(17-42-28)16-41-18-34-24-14-38(36-26(24)27(31)32)23-8-6-20(15-39)7-9-23/h10-12,14-15,17,19-20,23,27,34H,4-9,13,16,18H2,1-3H3/t20-,23-. The number of nitrogens with zero attached hydrogens (tertiary/aromatic N) is 5. The summed E-state index contributed by atoms with van der Waals surface area (Å²) >= 11 is 0. The van der Waals surface area contributed by atoms with Crippen LogP contribution in [-0.4, -0.2) is 51.0 Å². The third kappa shape index (κ3) is 8.15. The van der Waals surface area contributed by atoms with Gasteiger partial charge < -0.3 is 24.0 Å². The van der Waals surface area contributed by atoms with Gasteiger partial charge in [0.1, 0.15) is 36.4 Å². The van der Waals surface area contributed by atoms with Crippen molar-refractivity contribution in [2.45, 2.75) is 84.0 Å². The number of anilines is 2. The molecule has 0 unspecified atom stereocenters. The number of hydrogen-bond acceptors (Lipinski definition) is 9. The molecule has 11 nitrogen and oxygen atoms in total. The van der Waals surface area contributed by atoms with E-state index in [2.05, 4.69) is 20.4 Å². The molecule has 0 spiro atoms. The van der Waals surface area contributed by atoms with Crippen molar-refractivity contribution in [1.82, 2.24) is 19.7 Å². The molecule has 3 aromatic rings. The lowest BCUT2D eigenvalue weighted by Crippen LogP contribution is -2.38. The van der Waals surface area contributed by atoms with E-state index in [1.54, 1.807) is 34.1 Å². The van der Waals surface area contributed by atoms with Crippen LogP contribution in [0.25, 0.3) is 11.5 Å². The van der Waals surface area contributed by atoms with Gasteiger partial charge in [0.15, 0.2) is 5.69 Å². The number of oxazole rings is 1. The van der Waals surface area contributed by atoms with E-state index in [4.69, 9.17) is 13.9 Å². The molecule has 1 amide bonds. The smallest absolute Gasteiger partial charge is 0.416 e. The van der Waals surface area contributed by atoms with Crippen molar-refractivity contribution < 1.29 is 32.3 Å². The lowest BCUT2D eigenvalue weighted by molar-refractivity contribution is -0.112. The van der Waals surface area contributed by atoms with Gasteiger partial charge in [-0.05, 0) is 77.3 Å². The highest BCUT2D eigenvalue weighted by Gasteiger charge is 2.31. The highest BCUT2D eigenvalue weighted by molar-refractivity contribution is 5.87. The maximum Gasteiger partial charge on any atom is 0.416 e. The number of carbonyl (C=O) groups is 2. The molecule has 0 atom stereocenters. The summed E-state index contributed by atoms with van der Waals surface area (Å²) in [5.41, 5.74) is 0.379. The highest BCUT2D eigenvalue weighted by Crippen LogP contribution is 2.35. The number of alkyl halides is 2. The molecule has 5 rings (SSSR count). The van der Waals surface area contributed by atoms with Gasteiger partial charge >= 0.3 is 6.09 Å². The van der Waals surface area contributed by atoms with Crippen molar-refractivity contribution in [3.63, 3.8) is 0 Å². The first kappa shape index (κ1) is 30.6. The van der Waals surface area contributed by atoms with E-state index in [1.807, 2.05) is 20.8 Å². The summed E-state index contributed by atoms with van der Waals surface area (Å²) < 4.78 is 45.8. The van der Waals surface area contributed by atoms with Crippen molar-refractivity contribution in [2.75, 3.05) is 23.5 Å². The Labute approximate surface area is 248 Å². The molecule has 2 aliphatic carbocycles. The van der Waals surface area contributed by atoms with Crippen molar-refractivity contribution >= 4 is 23.9 Å². The van der Waals surface area contributed by atoms with E-state index in [0.29, 0.717) is 35.4 Å². The van der Waals surface area contributed by atoms with Crippen LogP contribution in [0, 0.1) is 11.8 Å². The van der Waals surface area contributed by atoms with E-state index in [0.717, 1.165) is 44.8 Å². The molecule has 13 heteroatoms. The number of ether oxygens (including phenoxy) is 2. The summed E-state index contributed by atoms with van der Waals surface area (Å²) in [4.78, 5) is 34.4. The molecule has 232 valence electrons.